The Labute approximate surface area is 119 Å². The Balaban J connectivity index is 2.03. The molecule has 2 aromatic carbocycles. The molecule has 0 radical (unpaired) electrons. The summed E-state index contributed by atoms with van der Waals surface area (Å²) in [5.41, 5.74) is 1.17. The van der Waals surface area contributed by atoms with Crippen LogP contribution in [0.5, 0.6) is 0 Å². The van der Waals surface area contributed by atoms with Gasteiger partial charge in [0.05, 0.1) is 0 Å². The molecule has 0 bridgehead atoms. The average Bonchev–Trinajstić information content (AvgIpc) is 2.42. The molecule has 0 N–H and O–H groups in total. The van der Waals surface area contributed by atoms with Gasteiger partial charge in [0, 0.05) is 11.4 Å². The second kappa shape index (κ2) is 6.96. The summed E-state index contributed by atoms with van der Waals surface area (Å²) < 4.78 is 28.8. The van der Waals surface area contributed by atoms with E-state index in [-0.39, 0.29) is 4.83 Å². The average molecular weight is 329 g/mol. The fourth-order valence-electron chi connectivity index (χ4n) is 2.04. The molecule has 0 spiro atoms. The van der Waals surface area contributed by atoms with Crippen LogP contribution in [0.1, 0.15) is 16.8 Å². The zero-order valence-electron chi connectivity index (χ0n) is 10.4. The zero-order chi connectivity index (χ0) is 13.7. The topological polar surface area (TPSA) is 9.23 Å². The summed E-state index contributed by atoms with van der Waals surface area (Å²) in [5, 5.41) is 2.36. The zero-order valence-corrected chi connectivity index (χ0v) is 11.9. The molecular weight excluding hydrogens is 314 g/mol. The Kier molecular flexibility index (Phi) is 5.28. The van der Waals surface area contributed by atoms with Crippen molar-refractivity contribution < 1.29 is 13.5 Å². The lowest BCUT2D eigenvalue weighted by molar-refractivity contribution is 0.0167. The molecule has 0 aliphatic rings. The largest absolute Gasteiger partial charge is 0.375 e. The van der Waals surface area contributed by atoms with Gasteiger partial charge in [-0.15, -0.1) is 0 Å². The number of alkyl halides is 3. The van der Waals surface area contributed by atoms with Crippen molar-refractivity contribution in [3.8, 4) is 0 Å². The highest BCUT2D eigenvalue weighted by molar-refractivity contribution is 9.09. The van der Waals surface area contributed by atoms with Crippen molar-refractivity contribution in [2.24, 2.45) is 0 Å². The number of benzene rings is 2. The SMILES string of the molecule is FC(F)COCCC(Br)c1cccc2ccccc12. The summed E-state index contributed by atoms with van der Waals surface area (Å²) in [6, 6.07) is 14.2. The molecule has 0 aromatic heterocycles. The van der Waals surface area contributed by atoms with Gasteiger partial charge >= 0.3 is 0 Å². The van der Waals surface area contributed by atoms with Gasteiger partial charge in [-0.1, -0.05) is 58.4 Å². The quantitative estimate of drug-likeness (QED) is 0.538. The van der Waals surface area contributed by atoms with E-state index in [1.165, 1.54) is 16.3 Å². The first kappa shape index (κ1) is 14.4. The third kappa shape index (κ3) is 3.98. The third-order valence-corrected chi connectivity index (χ3v) is 3.87. The van der Waals surface area contributed by atoms with Gasteiger partial charge in [0.2, 0.25) is 0 Å². The predicted octanol–water partition coefficient (Wildman–Crippen LogP) is 4.95. The molecule has 0 amide bonds. The number of halogens is 3. The smallest absolute Gasteiger partial charge is 0.261 e. The summed E-state index contributed by atoms with van der Waals surface area (Å²) in [7, 11) is 0. The van der Waals surface area contributed by atoms with E-state index in [1.54, 1.807) is 0 Å². The minimum absolute atomic E-state index is 0.108. The number of hydrogen-bond acceptors (Lipinski definition) is 1. The summed E-state index contributed by atoms with van der Waals surface area (Å²) in [6.07, 6.45) is -1.73. The van der Waals surface area contributed by atoms with Crippen molar-refractivity contribution in [2.75, 3.05) is 13.2 Å². The maximum Gasteiger partial charge on any atom is 0.261 e. The van der Waals surface area contributed by atoms with Crippen LogP contribution in [-0.4, -0.2) is 19.6 Å². The number of hydrogen-bond donors (Lipinski definition) is 0. The monoisotopic (exact) mass is 328 g/mol. The predicted molar refractivity (Wildman–Crippen MR) is 77.1 cm³/mol. The molecule has 0 aliphatic carbocycles. The third-order valence-electron chi connectivity index (χ3n) is 2.92. The van der Waals surface area contributed by atoms with Crippen molar-refractivity contribution >= 4 is 26.7 Å². The van der Waals surface area contributed by atoms with Gasteiger partial charge in [0.1, 0.15) is 6.61 Å². The molecule has 19 heavy (non-hydrogen) atoms. The molecule has 1 unspecified atom stereocenters. The first-order valence-corrected chi connectivity index (χ1v) is 7.07. The molecule has 0 heterocycles. The number of fused-ring (bicyclic) bond motifs is 1. The van der Waals surface area contributed by atoms with Crippen LogP contribution in [0.15, 0.2) is 42.5 Å². The molecule has 4 heteroatoms. The molecular formula is C15H15BrF2O. The summed E-state index contributed by atoms with van der Waals surface area (Å²) in [5.74, 6) is 0. The Morgan fingerprint density at radius 1 is 1.05 bits per heavy atom. The lowest BCUT2D eigenvalue weighted by atomic mass is 10.0. The molecule has 2 rings (SSSR count). The van der Waals surface area contributed by atoms with Crippen molar-refractivity contribution in [1.82, 2.24) is 0 Å². The first-order valence-electron chi connectivity index (χ1n) is 6.16. The Bertz CT molecular complexity index is 525. The van der Waals surface area contributed by atoms with E-state index in [0.29, 0.717) is 13.0 Å². The minimum atomic E-state index is -2.40. The molecule has 2 aromatic rings. The standard InChI is InChI=1S/C15H15BrF2O/c16-14(8-9-19-10-15(17)18)13-7-3-5-11-4-1-2-6-12(11)13/h1-7,14-15H,8-10H2. The number of rotatable bonds is 6. The van der Waals surface area contributed by atoms with Crippen LogP contribution < -0.4 is 0 Å². The van der Waals surface area contributed by atoms with E-state index in [1.807, 2.05) is 18.2 Å². The van der Waals surface area contributed by atoms with Crippen molar-refractivity contribution in [2.45, 2.75) is 17.7 Å². The highest BCUT2D eigenvalue weighted by Gasteiger charge is 2.11. The molecule has 0 fully saturated rings. The van der Waals surface area contributed by atoms with Gasteiger partial charge < -0.3 is 4.74 Å². The summed E-state index contributed by atoms with van der Waals surface area (Å²) in [6.45, 7) is -0.168. The highest BCUT2D eigenvalue weighted by atomic mass is 79.9. The Morgan fingerprint density at radius 2 is 1.79 bits per heavy atom. The molecule has 0 aliphatic heterocycles. The fraction of sp³-hybridized carbons (Fsp3) is 0.333. The minimum Gasteiger partial charge on any atom is -0.375 e. The van der Waals surface area contributed by atoms with Crippen LogP contribution in [0.25, 0.3) is 10.8 Å². The van der Waals surface area contributed by atoms with Gasteiger partial charge in [0.15, 0.2) is 0 Å². The second-order valence-corrected chi connectivity index (χ2v) is 5.40. The fourth-order valence-corrected chi connectivity index (χ4v) is 2.62. The van der Waals surface area contributed by atoms with E-state index in [2.05, 4.69) is 40.2 Å². The summed E-state index contributed by atoms with van der Waals surface area (Å²) >= 11 is 3.61. The number of ether oxygens (including phenoxy) is 1. The Hall–Kier alpha value is -1.00. The van der Waals surface area contributed by atoms with Gasteiger partial charge in [-0.05, 0) is 22.8 Å². The van der Waals surface area contributed by atoms with Crippen LogP contribution >= 0.6 is 15.9 Å². The van der Waals surface area contributed by atoms with Gasteiger partial charge in [-0.3, -0.25) is 0 Å². The second-order valence-electron chi connectivity index (χ2n) is 4.29. The van der Waals surface area contributed by atoms with Gasteiger partial charge in [-0.2, -0.15) is 0 Å². The van der Waals surface area contributed by atoms with Crippen molar-refractivity contribution in [3.05, 3.63) is 48.0 Å². The van der Waals surface area contributed by atoms with Gasteiger partial charge in [0.25, 0.3) is 6.43 Å². The normalized spacial score (nSPS) is 13.1. The van der Waals surface area contributed by atoms with Crippen LogP contribution in [-0.2, 0) is 4.74 Å². The lowest BCUT2D eigenvalue weighted by Gasteiger charge is -2.13. The van der Waals surface area contributed by atoms with Crippen LogP contribution in [0, 0.1) is 0 Å². The highest BCUT2D eigenvalue weighted by Crippen LogP contribution is 2.32. The van der Waals surface area contributed by atoms with Crippen LogP contribution in [0.3, 0.4) is 0 Å². The maximum absolute atomic E-state index is 12.0. The van der Waals surface area contributed by atoms with E-state index < -0.39 is 13.0 Å². The van der Waals surface area contributed by atoms with Crippen molar-refractivity contribution in [3.63, 3.8) is 0 Å². The van der Waals surface area contributed by atoms with E-state index in [4.69, 9.17) is 4.74 Å². The van der Waals surface area contributed by atoms with E-state index >= 15 is 0 Å². The lowest BCUT2D eigenvalue weighted by Crippen LogP contribution is -2.06. The van der Waals surface area contributed by atoms with Crippen LogP contribution in [0.4, 0.5) is 8.78 Å². The molecule has 1 nitrogen and oxygen atoms in total. The van der Waals surface area contributed by atoms with Gasteiger partial charge in [-0.25, -0.2) is 8.78 Å². The molecule has 1 atom stereocenters. The van der Waals surface area contributed by atoms with Crippen LogP contribution in [0.2, 0.25) is 0 Å². The maximum atomic E-state index is 12.0. The first-order chi connectivity index (χ1) is 9.18. The van der Waals surface area contributed by atoms with E-state index in [0.717, 1.165) is 0 Å². The van der Waals surface area contributed by atoms with E-state index in [9.17, 15) is 8.78 Å². The van der Waals surface area contributed by atoms with Crippen molar-refractivity contribution in [1.29, 1.82) is 0 Å². The molecule has 0 saturated heterocycles. The summed E-state index contributed by atoms with van der Waals surface area (Å²) in [4.78, 5) is 0.108. The molecule has 102 valence electrons. The Morgan fingerprint density at radius 3 is 2.58 bits per heavy atom. The molecule has 0 saturated carbocycles.